The van der Waals surface area contributed by atoms with E-state index < -0.39 is 0 Å². The second-order valence-electron chi connectivity index (χ2n) is 7.36. The average molecular weight is 365 g/mol. The quantitative estimate of drug-likeness (QED) is 0.837. The highest BCUT2D eigenvalue weighted by Gasteiger charge is 2.24. The van der Waals surface area contributed by atoms with Gasteiger partial charge in [-0.3, -0.25) is 4.79 Å². The second kappa shape index (κ2) is 7.94. The number of hydrogen-bond acceptors (Lipinski definition) is 5. The molecule has 3 heterocycles. The minimum Gasteiger partial charge on any atom is -0.356 e. The number of benzene rings is 1. The number of nitrogens with zero attached hydrogens (tertiary/aromatic N) is 5. The average Bonchev–Trinajstić information content (AvgIpc) is 2.74. The summed E-state index contributed by atoms with van der Waals surface area (Å²) in [5, 5.41) is 0. The van der Waals surface area contributed by atoms with Crippen LogP contribution in [-0.2, 0) is 0 Å². The highest BCUT2D eigenvalue weighted by atomic mass is 16.2. The van der Waals surface area contributed by atoms with Gasteiger partial charge in [-0.2, -0.15) is 4.98 Å². The maximum atomic E-state index is 12.6. The fourth-order valence-corrected chi connectivity index (χ4v) is 3.84. The summed E-state index contributed by atoms with van der Waals surface area (Å²) in [7, 11) is 0. The van der Waals surface area contributed by atoms with Crippen LogP contribution in [0.1, 0.15) is 35.3 Å². The minimum absolute atomic E-state index is 0.106. The summed E-state index contributed by atoms with van der Waals surface area (Å²) in [5.41, 5.74) is 1.76. The van der Waals surface area contributed by atoms with Crippen molar-refractivity contribution >= 4 is 17.7 Å². The third-order valence-electron chi connectivity index (χ3n) is 5.38. The molecule has 2 aliphatic heterocycles. The van der Waals surface area contributed by atoms with Crippen LogP contribution in [-0.4, -0.2) is 60.0 Å². The summed E-state index contributed by atoms with van der Waals surface area (Å²) in [6.45, 7) is 7.12. The van der Waals surface area contributed by atoms with Gasteiger partial charge in [0.25, 0.3) is 5.91 Å². The minimum atomic E-state index is 0.106. The molecule has 6 heteroatoms. The molecule has 2 saturated heterocycles. The lowest BCUT2D eigenvalue weighted by molar-refractivity contribution is 0.0746. The van der Waals surface area contributed by atoms with E-state index in [2.05, 4.69) is 20.9 Å². The predicted molar refractivity (Wildman–Crippen MR) is 107 cm³/mol. The van der Waals surface area contributed by atoms with Crippen molar-refractivity contribution in [3.63, 3.8) is 0 Å². The summed E-state index contributed by atoms with van der Waals surface area (Å²) in [4.78, 5) is 28.6. The van der Waals surface area contributed by atoms with Gasteiger partial charge in [-0.25, -0.2) is 4.98 Å². The van der Waals surface area contributed by atoms with E-state index in [1.54, 1.807) is 0 Å². The molecule has 2 fully saturated rings. The van der Waals surface area contributed by atoms with Crippen molar-refractivity contribution in [3.05, 3.63) is 47.7 Å². The van der Waals surface area contributed by atoms with E-state index in [1.807, 2.05) is 42.2 Å². The van der Waals surface area contributed by atoms with Crippen LogP contribution in [0.2, 0.25) is 0 Å². The third-order valence-corrected chi connectivity index (χ3v) is 5.38. The zero-order chi connectivity index (χ0) is 18.6. The van der Waals surface area contributed by atoms with Gasteiger partial charge in [0.05, 0.1) is 0 Å². The van der Waals surface area contributed by atoms with Crippen LogP contribution in [0.15, 0.2) is 36.4 Å². The Labute approximate surface area is 160 Å². The summed E-state index contributed by atoms with van der Waals surface area (Å²) < 4.78 is 0. The molecule has 0 saturated carbocycles. The second-order valence-corrected chi connectivity index (χ2v) is 7.36. The Hall–Kier alpha value is -2.63. The number of carbonyl (C=O) groups is 1. The van der Waals surface area contributed by atoms with E-state index in [4.69, 9.17) is 4.98 Å². The molecule has 27 heavy (non-hydrogen) atoms. The fourth-order valence-electron chi connectivity index (χ4n) is 3.84. The Morgan fingerprint density at radius 2 is 1.56 bits per heavy atom. The molecule has 1 amide bonds. The largest absolute Gasteiger partial charge is 0.356 e. The lowest BCUT2D eigenvalue weighted by atomic mass is 10.1. The van der Waals surface area contributed by atoms with Gasteiger partial charge in [0.15, 0.2) is 0 Å². The Morgan fingerprint density at radius 3 is 2.26 bits per heavy atom. The number of piperazine rings is 1. The summed E-state index contributed by atoms with van der Waals surface area (Å²) in [6, 6.07) is 11.6. The SMILES string of the molecule is Cc1cc(N2CCCCC2)nc(N2CCN(C(=O)c3ccccc3)CC2)n1. The van der Waals surface area contributed by atoms with E-state index in [-0.39, 0.29) is 5.91 Å². The number of hydrogen-bond donors (Lipinski definition) is 0. The van der Waals surface area contributed by atoms with Crippen molar-refractivity contribution in [2.75, 3.05) is 49.1 Å². The Bertz CT molecular complexity index is 780. The predicted octanol–water partition coefficient (Wildman–Crippen LogP) is 2.74. The molecule has 0 N–H and O–H groups in total. The summed E-state index contributed by atoms with van der Waals surface area (Å²) >= 11 is 0. The normalized spacial score (nSPS) is 17.9. The van der Waals surface area contributed by atoms with Crippen LogP contribution in [0.25, 0.3) is 0 Å². The van der Waals surface area contributed by atoms with Crippen molar-refractivity contribution in [2.45, 2.75) is 26.2 Å². The van der Waals surface area contributed by atoms with Gasteiger partial charge in [-0.15, -0.1) is 0 Å². The van der Waals surface area contributed by atoms with Crippen LogP contribution >= 0.6 is 0 Å². The molecule has 0 atom stereocenters. The standard InChI is InChI=1S/C21H27N5O/c1-17-16-19(24-10-6-3-7-11-24)23-21(22-17)26-14-12-25(13-15-26)20(27)18-8-4-2-5-9-18/h2,4-5,8-9,16H,3,6-7,10-15H2,1H3. The molecule has 4 rings (SSSR count). The highest BCUT2D eigenvalue weighted by molar-refractivity contribution is 5.94. The van der Waals surface area contributed by atoms with Crippen LogP contribution in [0.4, 0.5) is 11.8 Å². The number of anilines is 2. The molecule has 0 unspecified atom stereocenters. The van der Waals surface area contributed by atoms with Gasteiger partial charge < -0.3 is 14.7 Å². The van der Waals surface area contributed by atoms with E-state index in [9.17, 15) is 4.79 Å². The van der Waals surface area contributed by atoms with Crippen molar-refractivity contribution < 1.29 is 4.79 Å². The smallest absolute Gasteiger partial charge is 0.253 e. The van der Waals surface area contributed by atoms with Crippen molar-refractivity contribution in [1.82, 2.24) is 14.9 Å². The lowest BCUT2D eigenvalue weighted by Gasteiger charge is -2.35. The third kappa shape index (κ3) is 4.04. The van der Waals surface area contributed by atoms with E-state index >= 15 is 0 Å². The van der Waals surface area contributed by atoms with Crippen molar-refractivity contribution in [1.29, 1.82) is 0 Å². The molecular weight excluding hydrogens is 338 g/mol. The van der Waals surface area contributed by atoms with Gasteiger partial charge in [-0.05, 0) is 38.3 Å². The Kier molecular flexibility index (Phi) is 5.23. The van der Waals surface area contributed by atoms with Gasteiger partial charge >= 0.3 is 0 Å². The van der Waals surface area contributed by atoms with Gasteiger partial charge in [0.2, 0.25) is 5.95 Å². The van der Waals surface area contributed by atoms with Crippen LogP contribution < -0.4 is 9.80 Å². The van der Waals surface area contributed by atoms with Gasteiger partial charge in [-0.1, -0.05) is 18.2 Å². The molecule has 6 nitrogen and oxygen atoms in total. The lowest BCUT2D eigenvalue weighted by Crippen LogP contribution is -2.49. The monoisotopic (exact) mass is 365 g/mol. The molecular formula is C21H27N5O. The number of carbonyl (C=O) groups excluding carboxylic acids is 1. The number of rotatable bonds is 3. The van der Waals surface area contributed by atoms with Gasteiger partial charge in [0.1, 0.15) is 5.82 Å². The zero-order valence-electron chi connectivity index (χ0n) is 16.0. The topological polar surface area (TPSA) is 52.6 Å². The van der Waals surface area contributed by atoms with Gasteiger partial charge in [0, 0.05) is 56.6 Å². The summed E-state index contributed by atoms with van der Waals surface area (Å²) in [6.07, 6.45) is 3.78. The van der Waals surface area contributed by atoms with E-state index in [1.165, 1.54) is 19.3 Å². The molecule has 1 aromatic heterocycles. The van der Waals surface area contributed by atoms with E-state index in [0.717, 1.165) is 49.2 Å². The van der Waals surface area contributed by atoms with Crippen molar-refractivity contribution in [2.24, 2.45) is 0 Å². The molecule has 142 valence electrons. The first-order valence-corrected chi connectivity index (χ1v) is 9.90. The number of amides is 1. The first-order valence-electron chi connectivity index (χ1n) is 9.90. The van der Waals surface area contributed by atoms with Crippen molar-refractivity contribution in [3.8, 4) is 0 Å². The Balaban J connectivity index is 1.43. The molecule has 0 bridgehead atoms. The number of aromatic nitrogens is 2. The number of piperidine rings is 1. The number of aryl methyl sites for hydroxylation is 1. The molecule has 0 aliphatic carbocycles. The zero-order valence-corrected chi connectivity index (χ0v) is 16.0. The Morgan fingerprint density at radius 1 is 0.852 bits per heavy atom. The maximum absolute atomic E-state index is 12.6. The molecule has 2 aliphatic rings. The molecule has 1 aromatic carbocycles. The maximum Gasteiger partial charge on any atom is 0.253 e. The van der Waals surface area contributed by atoms with E-state index in [0.29, 0.717) is 13.1 Å². The summed E-state index contributed by atoms with van der Waals surface area (Å²) in [5.74, 6) is 1.94. The molecule has 2 aromatic rings. The van der Waals surface area contributed by atoms with Crippen LogP contribution in [0.5, 0.6) is 0 Å². The molecule has 0 spiro atoms. The highest BCUT2D eigenvalue weighted by Crippen LogP contribution is 2.22. The first kappa shape index (κ1) is 17.8. The van der Waals surface area contributed by atoms with Crippen LogP contribution in [0.3, 0.4) is 0 Å². The molecule has 0 radical (unpaired) electrons. The van der Waals surface area contributed by atoms with Crippen LogP contribution in [0, 0.1) is 6.92 Å². The fraction of sp³-hybridized carbons (Fsp3) is 0.476. The first-order chi connectivity index (χ1) is 13.2.